The predicted octanol–water partition coefficient (Wildman–Crippen LogP) is 1.04. The standard InChI is InChI=1S/C17H26N5O7PS/c1-3-4-5-6-7-31-17-20-14(18-2)11-15(21-17)22(9-19-11)16-13(24)12(23)10(29-16)8-28-30(25,26)27/h3,9-10,12-13,16,23-24H,1,4-8H2,2H3,(H,18,20,21)(H2,25,26,27)/t10-,12-,13-,16?/m1/s1. The minimum atomic E-state index is -4.75. The van der Waals surface area contributed by atoms with Gasteiger partial charge in [0.05, 0.1) is 12.9 Å². The summed E-state index contributed by atoms with van der Waals surface area (Å²) in [6, 6.07) is 0. The van der Waals surface area contributed by atoms with Crippen molar-refractivity contribution in [1.82, 2.24) is 19.5 Å². The van der Waals surface area contributed by atoms with Crippen molar-refractivity contribution in [2.45, 2.75) is 49.0 Å². The number of aromatic nitrogens is 4. The third-order valence-corrected chi connectivity index (χ3v) is 6.11. The molecule has 0 amide bonds. The lowest BCUT2D eigenvalue weighted by atomic mass is 10.1. The second-order valence-corrected chi connectivity index (χ2v) is 9.20. The van der Waals surface area contributed by atoms with E-state index in [0.717, 1.165) is 25.0 Å². The molecule has 1 aliphatic rings. The van der Waals surface area contributed by atoms with Crippen molar-refractivity contribution in [3.63, 3.8) is 0 Å². The van der Waals surface area contributed by atoms with Crippen LogP contribution in [0.2, 0.25) is 0 Å². The first-order chi connectivity index (χ1) is 14.7. The number of ether oxygens (including phenoxy) is 1. The minimum Gasteiger partial charge on any atom is -0.387 e. The van der Waals surface area contributed by atoms with Crippen molar-refractivity contribution < 1.29 is 33.8 Å². The molecule has 0 bridgehead atoms. The maximum absolute atomic E-state index is 10.9. The van der Waals surface area contributed by atoms with Gasteiger partial charge in [-0.3, -0.25) is 9.09 Å². The molecule has 14 heteroatoms. The lowest BCUT2D eigenvalue weighted by Gasteiger charge is -2.17. The van der Waals surface area contributed by atoms with Gasteiger partial charge in [0.2, 0.25) is 0 Å². The van der Waals surface area contributed by atoms with E-state index in [4.69, 9.17) is 14.5 Å². The summed E-state index contributed by atoms with van der Waals surface area (Å²) in [5.74, 6) is 1.33. The summed E-state index contributed by atoms with van der Waals surface area (Å²) in [4.78, 5) is 31.0. The fraction of sp³-hybridized carbons (Fsp3) is 0.588. The molecule has 12 nitrogen and oxygen atoms in total. The van der Waals surface area contributed by atoms with E-state index in [2.05, 4.69) is 31.4 Å². The van der Waals surface area contributed by atoms with Gasteiger partial charge in [0.1, 0.15) is 18.3 Å². The summed E-state index contributed by atoms with van der Waals surface area (Å²) in [6.07, 6.45) is 1.21. The van der Waals surface area contributed by atoms with Gasteiger partial charge in [-0.25, -0.2) is 19.5 Å². The summed E-state index contributed by atoms with van der Waals surface area (Å²) in [5.41, 5.74) is 0.847. The number of aliphatic hydroxyl groups is 2. The smallest absolute Gasteiger partial charge is 0.387 e. The molecule has 0 spiro atoms. The van der Waals surface area contributed by atoms with Crippen molar-refractivity contribution >= 4 is 36.6 Å². The second kappa shape index (κ2) is 10.4. The molecule has 3 heterocycles. The zero-order valence-electron chi connectivity index (χ0n) is 16.9. The number of hydrogen-bond donors (Lipinski definition) is 5. The van der Waals surface area contributed by atoms with E-state index >= 15 is 0 Å². The van der Waals surface area contributed by atoms with E-state index in [0.29, 0.717) is 22.1 Å². The van der Waals surface area contributed by atoms with Crippen molar-refractivity contribution in [3.8, 4) is 0 Å². The molecule has 1 unspecified atom stereocenters. The highest BCUT2D eigenvalue weighted by Crippen LogP contribution is 2.39. The molecule has 0 saturated carbocycles. The van der Waals surface area contributed by atoms with E-state index in [1.165, 1.54) is 22.7 Å². The van der Waals surface area contributed by atoms with Crippen molar-refractivity contribution in [2.75, 3.05) is 24.7 Å². The van der Waals surface area contributed by atoms with Gasteiger partial charge in [-0.15, -0.1) is 6.58 Å². The Morgan fingerprint density at radius 3 is 2.81 bits per heavy atom. The van der Waals surface area contributed by atoms with Crippen LogP contribution < -0.4 is 5.32 Å². The topological polar surface area (TPSA) is 172 Å². The Hall–Kier alpha value is -1.57. The van der Waals surface area contributed by atoms with Gasteiger partial charge in [-0.2, -0.15) is 0 Å². The number of allylic oxidation sites excluding steroid dienone is 1. The third kappa shape index (κ3) is 5.82. The zero-order chi connectivity index (χ0) is 22.6. The van der Waals surface area contributed by atoms with Crippen LogP contribution in [0.5, 0.6) is 0 Å². The number of unbranched alkanes of at least 4 members (excludes halogenated alkanes) is 2. The number of phosphoric ester groups is 1. The van der Waals surface area contributed by atoms with Gasteiger partial charge in [-0.05, 0) is 19.3 Å². The quantitative estimate of drug-likeness (QED) is 0.103. The molecule has 0 radical (unpaired) electrons. The number of rotatable bonds is 11. The van der Waals surface area contributed by atoms with E-state index in [9.17, 15) is 14.8 Å². The second-order valence-electron chi connectivity index (χ2n) is 6.89. The largest absolute Gasteiger partial charge is 0.469 e. The summed E-state index contributed by atoms with van der Waals surface area (Å²) in [5, 5.41) is 24.2. The maximum Gasteiger partial charge on any atom is 0.469 e. The zero-order valence-corrected chi connectivity index (χ0v) is 18.6. The molecule has 0 aliphatic carbocycles. The van der Waals surface area contributed by atoms with Crippen LogP contribution in [-0.4, -0.2) is 77.2 Å². The van der Waals surface area contributed by atoms with Crippen molar-refractivity contribution in [1.29, 1.82) is 0 Å². The number of nitrogens with one attached hydrogen (secondary N) is 1. The fourth-order valence-corrected chi connectivity index (χ4v) is 4.32. The van der Waals surface area contributed by atoms with Crippen LogP contribution in [0.1, 0.15) is 25.5 Å². The molecular formula is C17H26N5O7PS. The molecule has 1 aliphatic heterocycles. The Balaban J connectivity index is 1.82. The Bertz CT molecular complexity index is 954. The van der Waals surface area contributed by atoms with E-state index < -0.39 is 39.0 Å². The van der Waals surface area contributed by atoms with E-state index in [-0.39, 0.29) is 0 Å². The molecule has 1 fully saturated rings. The van der Waals surface area contributed by atoms with Crippen LogP contribution in [0.25, 0.3) is 11.2 Å². The molecule has 4 atom stereocenters. The molecular weight excluding hydrogens is 449 g/mol. The lowest BCUT2D eigenvalue weighted by molar-refractivity contribution is -0.0504. The van der Waals surface area contributed by atoms with Crippen molar-refractivity contribution in [2.24, 2.45) is 0 Å². The normalized spacial score (nSPS) is 24.0. The van der Waals surface area contributed by atoms with Crippen LogP contribution >= 0.6 is 19.6 Å². The summed E-state index contributed by atoms with van der Waals surface area (Å²) >= 11 is 1.49. The Kier molecular flexibility index (Phi) is 8.05. The summed E-state index contributed by atoms with van der Waals surface area (Å²) < 4.78 is 22.4. The van der Waals surface area contributed by atoms with Crippen LogP contribution in [0.4, 0.5) is 5.82 Å². The highest BCUT2D eigenvalue weighted by molar-refractivity contribution is 7.99. The SMILES string of the molecule is C=CCCCCSc1nc(NC)c2ncn(C3O[C@H](COP(=O)(O)O)[C@@H](O)[C@H]3O)c2n1. The first-order valence-electron chi connectivity index (χ1n) is 9.63. The minimum absolute atomic E-state index is 0.390. The third-order valence-electron chi connectivity index (χ3n) is 4.69. The maximum atomic E-state index is 10.9. The van der Waals surface area contributed by atoms with Crippen LogP contribution in [0.15, 0.2) is 24.1 Å². The predicted molar refractivity (Wildman–Crippen MR) is 114 cm³/mol. The fourth-order valence-electron chi connectivity index (χ4n) is 3.14. The Morgan fingerprint density at radius 1 is 1.35 bits per heavy atom. The average molecular weight is 475 g/mol. The van der Waals surface area contributed by atoms with Crippen LogP contribution in [0, 0.1) is 0 Å². The highest BCUT2D eigenvalue weighted by Gasteiger charge is 2.45. The molecule has 31 heavy (non-hydrogen) atoms. The summed E-state index contributed by atoms with van der Waals surface area (Å²) in [7, 11) is -3.04. The Morgan fingerprint density at radius 2 is 2.13 bits per heavy atom. The number of anilines is 1. The van der Waals surface area contributed by atoms with Gasteiger partial charge in [0, 0.05) is 12.8 Å². The number of aliphatic hydroxyl groups excluding tert-OH is 2. The van der Waals surface area contributed by atoms with Gasteiger partial charge in [0.15, 0.2) is 28.4 Å². The number of fused-ring (bicyclic) bond motifs is 1. The van der Waals surface area contributed by atoms with E-state index in [1.54, 1.807) is 7.05 Å². The van der Waals surface area contributed by atoms with Gasteiger partial charge in [-0.1, -0.05) is 17.8 Å². The van der Waals surface area contributed by atoms with Crippen LogP contribution in [-0.2, 0) is 13.8 Å². The monoisotopic (exact) mass is 475 g/mol. The first-order valence-corrected chi connectivity index (χ1v) is 12.1. The van der Waals surface area contributed by atoms with Crippen molar-refractivity contribution in [3.05, 3.63) is 19.0 Å². The number of imidazole rings is 1. The van der Waals surface area contributed by atoms with Gasteiger partial charge in [0.25, 0.3) is 0 Å². The highest BCUT2D eigenvalue weighted by atomic mass is 32.2. The lowest BCUT2D eigenvalue weighted by Crippen LogP contribution is -2.33. The molecule has 5 N–H and O–H groups in total. The number of thioether (sulfide) groups is 1. The molecule has 0 aromatic carbocycles. The molecule has 3 rings (SSSR count). The molecule has 2 aromatic rings. The Labute approximate surface area is 183 Å². The van der Waals surface area contributed by atoms with Crippen LogP contribution in [0.3, 0.4) is 0 Å². The summed E-state index contributed by atoms with van der Waals surface area (Å²) in [6.45, 7) is 3.12. The van der Waals surface area contributed by atoms with Gasteiger partial charge < -0.3 is 30.1 Å². The molecule has 1 saturated heterocycles. The van der Waals surface area contributed by atoms with Gasteiger partial charge >= 0.3 is 7.82 Å². The number of hydrogen-bond acceptors (Lipinski definition) is 10. The number of nitrogens with zero attached hydrogens (tertiary/aromatic N) is 4. The average Bonchev–Trinajstić information content (AvgIpc) is 3.26. The molecule has 2 aromatic heterocycles. The number of phosphoric acid groups is 1. The molecule has 172 valence electrons. The first kappa shape index (κ1) is 24.1. The van der Waals surface area contributed by atoms with E-state index in [1.807, 2.05) is 6.08 Å².